The molecule has 2 aromatic heterocycles. The fraction of sp³-hybridized carbons (Fsp3) is 0.0769. The van der Waals surface area contributed by atoms with Crippen LogP contribution in [0.25, 0.3) is 93.8 Å². The van der Waals surface area contributed by atoms with Crippen molar-refractivity contribution < 1.29 is 0 Å². The van der Waals surface area contributed by atoms with Gasteiger partial charge in [0.05, 0.1) is 46.4 Å². The molecule has 4 aliphatic carbocycles. The summed E-state index contributed by atoms with van der Waals surface area (Å²) in [5, 5.41) is 27.7. The van der Waals surface area contributed by atoms with E-state index >= 15 is 0 Å². The van der Waals surface area contributed by atoms with Crippen molar-refractivity contribution in [2.24, 2.45) is 5.92 Å². The summed E-state index contributed by atoms with van der Waals surface area (Å²) >= 11 is 0. The van der Waals surface area contributed by atoms with E-state index in [1.807, 2.05) is 6.08 Å². The highest BCUT2D eigenvalue weighted by atomic mass is 15.1. The first-order chi connectivity index (χ1) is 27.7. The summed E-state index contributed by atoms with van der Waals surface area (Å²) in [4.78, 5) is 0. The number of para-hydroxylation sites is 2. The van der Waals surface area contributed by atoms with E-state index < -0.39 is 12.0 Å². The summed E-state index contributed by atoms with van der Waals surface area (Å²) in [6, 6.07) is 55.5. The zero-order valence-corrected chi connectivity index (χ0v) is 30.2. The Hall–Kier alpha value is -7.40. The molecule has 2 unspecified atom stereocenters. The number of allylic oxidation sites excluding steroid dienone is 4. The van der Waals surface area contributed by atoms with Crippen molar-refractivity contribution in [3.63, 3.8) is 0 Å². The van der Waals surface area contributed by atoms with Gasteiger partial charge in [-0.3, -0.25) is 0 Å². The molecule has 0 aliphatic heterocycles. The van der Waals surface area contributed by atoms with Crippen molar-refractivity contribution in [2.75, 3.05) is 0 Å². The molecule has 56 heavy (non-hydrogen) atoms. The van der Waals surface area contributed by atoms with Crippen LogP contribution in [0.2, 0.25) is 0 Å². The third-order valence-electron chi connectivity index (χ3n) is 13.2. The third kappa shape index (κ3) is 3.58. The molecule has 0 radical (unpaired) electrons. The molecule has 0 N–H and O–H groups in total. The lowest BCUT2D eigenvalue weighted by atomic mass is 9.80. The average Bonchev–Trinajstić information content (AvgIpc) is 3.98. The fourth-order valence-electron chi connectivity index (χ4n) is 11.1. The first kappa shape index (κ1) is 30.0. The van der Waals surface area contributed by atoms with Gasteiger partial charge in [0.15, 0.2) is 0 Å². The van der Waals surface area contributed by atoms with Crippen LogP contribution in [0, 0.1) is 28.6 Å². The van der Waals surface area contributed by atoms with E-state index in [9.17, 15) is 10.5 Å². The Morgan fingerprint density at radius 2 is 1.23 bits per heavy atom. The highest BCUT2D eigenvalue weighted by molar-refractivity contribution is 6.28. The molecule has 13 rings (SSSR count). The van der Waals surface area contributed by atoms with E-state index in [2.05, 4.69) is 167 Å². The maximum atomic E-state index is 11.2. The Balaban J connectivity index is 1.16. The number of benzene rings is 7. The van der Waals surface area contributed by atoms with E-state index in [1.54, 1.807) is 0 Å². The van der Waals surface area contributed by atoms with Gasteiger partial charge in [0.25, 0.3) is 0 Å². The van der Waals surface area contributed by atoms with Crippen LogP contribution in [-0.2, 0) is 6.42 Å². The largest absolute Gasteiger partial charge is 0.329 e. The zero-order valence-electron chi connectivity index (χ0n) is 30.2. The first-order valence-corrected chi connectivity index (χ1v) is 19.4. The lowest BCUT2D eigenvalue weighted by Crippen LogP contribution is -2.26. The van der Waals surface area contributed by atoms with Crippen LogP contribution >= 0.6 is 0 Å². The number of aromatic nitrogens is 2. The SMILES string of the molecule is N#CC1=CC(C#N)[C@@H](n2c3c(c4ccccc42)CC2c4ccccc4-c4cccc-3c42)C(n2c3ccccc3c3cc4c5c(cccc5c32)-c2ccccc2-4)=C1. The minimum absolute atomic E-state index is 0.271. The van der Waals surface area contributed by atoms with Gasteiger partial charge in [0, 0.05) is 44.2 Å². The molecule has 0 bridgehead atoms. The van der Waals surface area contributed by atoms with E-state index in [0.717, 1.165) is 34.1 Å². The van der Waals surface area contributed by atoms with Crippen molar-refractivity contribution in [1.82, 2.24) is 9.13 Å². The van der Waals surface area contributed by atoms with Crippen molar-refractivity contribution in [3.8, 4) is 56.8 Å². The molecule has 7 aromatic carbocycles. The smallest absolute Gasteiger partial charge is 0.0989 e. The van der Waals surface area contributed by atoms with Gasteiger partial charge in [-0.25, -0.2) is 0 Å². The Bertz CT molecular complexity index is 3440. The van der Waals surface area contributed by atoms with Gasteiger partial charge in [0.2, 0.25) is 0 Å². The predicted molar refractivity (Wildman–Crippen MR) is 226 cm³/mol. The third-order valence-corrected chi connectivity index (χ3v) is 13.2. The number of hydrogen-bond acceptors (Lipinski definition) is 2. The van der Waals surface area contributed by atoms with Gasteiger partial charge in [0.1, 0.15) is 0 Å². The van der Waals surface area contributed by atoms with E-state index in [1.165, 1.54) is 82.9 Å². The predicted octanol–water partition coefficient (Wildman–Crippen LogP) is 12.6. The minimum Gasteiger partial charge on any atom is -0.329 e. The van der Waals surface area contributed by atoms with Gasteiger partial charge < -0.3 is 9.13 Å². The molecular weight excluding hydrogens is 681 g/mol. The van der Waals surface area contributed by atoms with Crippen LogP contribution in [0.3, 0.4) is 0 Å². The van der Waals surface area contributed by atoms with Crippen molar-refractivity contribution in [1.29, 1.82) is 10.5 Å². The first-order valence-electron chi connectivity index (χ1n) is 19.4. The van der Waals surface area contributed by atoms with Crippen LogP contribution in [0.1, 0.15) is 28.7 Å². The highest BCUT2D eigenvalue weighted by Gasteiger charge is 2.42. The molecule has 4 heteroatoms. The van der Waals surface area contributed by atoms with Gasteiger partial charge in [-0.1, -0.05) is 121 Å². The van der Waals surface area contributed by atoms with Crippen molar-refractivity contribution >= 4 is 49.2 Å². The molecule has 2 heterocycles. The second kappa shape index (κ2) is 10.6. The number of nitriles is 2. The normalized spacial score (nSPS) is 18.3. The van der Waals surface area contributed by atoms with Crippen LogP contribution in [0.5, 0.6) is 0 Å². The van der Waals surface area contributed by atoms with Crippen LogP contribution in [-0.4, -0.2) is 9.13 Å². The molecule has 0 saturated carbocycles. The monoisotopic (exact) mass is 710 g/mol. The summed E-state index contributed by atoms with van der Waals surface area (Å²) in [6.45, 7) is 0. The van der Waals surface area contributed by atoms with Gasteiger partial charge in [-0.2, -0.15) is 10.5 Å². The fourth-order valence-corrected chi connectivity index (χ4v) is 11.1. The number of nitrogens with zero attached hydrogens (tertiary/aromatic N) is 4. The van der Waals surface area contributed by atoms with Crippen molar-refractivity contribution in [3.05, 3.63) is 174 Å². The maximum Gasteiger partial charge on any atom is 0.0989 e. The molecule has 4 aliphatic rings. The maximum absolute atomic E-state index is 11.2. The van der Waals surface area contributed by atoms with Gasteiger partial charge in [-0.05, 0) is 92.2 Å². The van der Waals surface area contributed by atoms with Crippen molar-refractivity contribution in [2.45, 2.75) is 18.4 Å². The summed E-state index contributed by atoms with van der Waals surface area (Å²) in [6.07, 6.45) is 4.83. The number of hydrogen-bond donors (Lipinski definition) is 0. The molecule has 9 aromatic rings. The lowest BCUT2D eigenvalue weighted by molar-refractivity contribution is 0.546. The highest BCUT2D eigenvalue weighted by Crippen LogP contribution is 2.58. The topological polar surface area (TPSA) is 57.4 Å². The molecule has 3 atom stereocenters. The summed E-state index contributed by atoms with van der Waals surface area (Å²) in [5.41, 5.74) is 18.9. The second-order valence-corrected chi connectivity index (χ2v) is 15.7. The van der Waals surface area contributed by atoms with E-state index in [0.29, 0.717) is 5.57 Å². The second-order valence-electron chi connectivity index (χ2n) is 15.7. The van der Waals surface area contributed by atoms with E-state index in [-0.39, 0.29) is 5.92 Å². The molecule has 0 fully saturated rings. The molecule has 258 valence electrons. The molecule has 0 spiro atoms. The molecule has 0 amide bonds. The average molecular weight is 711 g/mol. The Kier molecular flexibility index (Phi) is 5.69. The standard InChI is InChI=1S/C52H30N4/c53-27-29-23-30(28-54)50(56-46-22-8-6-16-36(46)44-26-42-34-14-4-2-12-32(34)38-18-10-20-40(49(38)42)52(44)56)47(24-29)55-45-21-7-5-15-35(45)43-25-41-33-13-3-1-11-31(33)37-17-9-19-39(48(37)41)51(43)55/h1-25,30,42,50H,26H2/t30?,42?,50-/m1/s1. The van der Waals surface area contributed by atoms with Crippen LogP contribution in [0.4, 0.5) is 0 Å². The zero-order chi connectivity index (χ0) is 36.8. The van der Waals surface area contributed by atoms with Crippen LogP contribution in [0.15, 0.2) is 157 Å². The molecular formula is C52H30N4. The van der Waals surface area contributed by atoms with E-state index in [4.69, 9.17) is 0 Å². The van der Waals surface area contributed by atoms with Gasteiger partial charge >= 0.3 is 0 Å². The number of fused-ring (bicyclic) bond motifs is 14. The van der Waals surface area contributed by atoms with Gasteiger partial charge in [-0.15, -0.1) is 0 Å². The Morgan fingerprint density at radius 3 is 2.07 bits per heavy atom. The summed E-state index contributed by atoms with van der Waals surface area (Å²) in [5.74, 6) is -0.332. The van der Waals surface area contributed by atoms with Crippen LogP contribution < -0.4 is 0 Å². The minimum atomic E-state index is -0.603. The summed E-state index contributed by atoms with van der Waals surface area (Å²) < 4.78 is 4.87. The Labute approximate surface area is 322 Å². The quantitative estimate of drug-likeness (QED) is 0.179. The number of rotatable bonds is 2. The molecule has 4 nitrogen and oxygen atoms in total. The lowest BCUT2D eigenvalue weighted by Gasteiger charge is -2.34. The summed E-state index contributed by atoms with van der Waals surface area (Å²) in [7, 11) is 0. The Morgan fingerprint density at radius 1 is 0.571 bits per heavy atom. The molecule has 0 saturated heterocycles.